The van der Waals surface area contributed by atoms with Crippen molar-refractivity contribution >= 4 is 11.6 Å². The van der Waals surface area contributed by atoms with Crippen molar-refractivity contribution in [3.05, 3.63) is 16.7 Å². The van der Waals surface area contributed by atoms with E-state index in [0.717, 1.165) is 43.6 Å². The van der Waals surface area contributed by atoms with Crippen molar-refractivity contribution in [2.45, 2.75) is 70.9 Å². The van der Waals surface area contributed by atoms with Crippen LogP contribution in [0.1, 0.15) is 63.9 Å². The van der Waals surface area contributed by atoms with Gasteiger partial charge in [0, 0.05) is 18.5 Å². The first kappa shape index (κ1) is 16.8. The molecule has 2 unspecified atom stereocenters. The van der Waals surface area contributed by atoms with E-state index in [1.807, 2.05) is 0 Å². The molecular formula is C16H28ClN3O. The third-order valence-corrected chi connectivity index (χ3v) is 4.89. The van der Waals surface area contributed by atoms with Gasteiger partial charge in [0.1, 0.15) is 5.82 Å². The number of imidazole rings is 1. The highest BCUT2D eigenvalue weighted by atomic mass is 35.5. The van der Waals surface area contributed by atoms with Gasteiger partial charge in [-0.1, -0.05) is 44.7 Å². The molecule has 2 rings (SSSR count). The Hall–Kier alpha value is -0.580. The lowest BCUT2D eigenvalue weighted by molar-refractivity contribution is 0.0979. The molecule has 0 amide bonds. The van der Waals surface area contributed by atoms with Crippen LogP contribution in [0.25, 0.3) is 0 Å². The first-order valence-electron chi connectivity index (χ1n) is 8.17. The van der Waals surface area contributed by atoms with Crippen molar-refractivity contribution in [2.75, 3.05) is 6.61 Å². The van der Waals surface area contributed by atoms with E-state index in [4.69, 9.17) is 11.6 Å². The zero-order valence-corrected chi connectivity index (χ0v) is 14.0. The number of H-pyrrole nitrogens is 1. The second-order valence-corrected chi connectivity index (χ2v) is 6.91. The topological polar surface area (TPSA) is 60.9 Å². The molecule has 0 saturated heterocycles. The van der Waals surface area contributed by atoms with Crippen LogP contribution in [0.15, 0.2) is 0 Å². The van der Waals surface area contributed by atoms with Gasteiger partial charge in [-0.2, -0.15) is 0 Å². The van der Waals surface area contributed by atoms with E-state index in [9.17, 15) is 5.11 Å². The molecule has 120 valence electrons. The first-order chi connectivity index (χ1) is 10.1. The molecular weight excluding hydrogens is 286 g/mol. The molecule has 0 bridgehead atoms. The van der Waals surface area contributed by atoms with Gasteiger partial charge in [0.15, 0.2) is 5.15 Å². The summed E-state index contributed by atoms with van der Waals surface area (Å²) in [6, 6.07) is 0. The van der Waals surface area contributed by atoms with E-state index in [1.54, 1.807) is 0 Å². The summed E-state index contributed by atoms with van der Waals surface area (Å²) in [5.74, 6) is 1.63. The lowest BCUT2D eigenvalue weighted by Gasteiger charge is -2.39. The normalized spacial score (nSPS) is 26.2. The largest absolute Gasteiger partial charge is 0.394 e. The Morgan fingerprint density at radius 2 is 2.33 bits per heavy atom. The fraction of sp³-hybridized carbons (Fsp3) is 0.812. The number of aliphatic hydroxyl groups is 1. The number of nitrogens with one attached hydrogen (secondary N) is 2. The summed E-state index contributed by atoms with van der Waals surface area (Å²) < 4.78 is 0. The molecule has 1 heterocycles. The minimum absolute atomic E-state index is 0.157. The van der Waals surface area contributed by atoms with E-state index in [-0.39, 0.29) is 12.1 Å². The molecule has 1 aliphatic carbocycles. The van der Waals surface area contributed by atoms with Gasteiger partial charge in [-0.15, -0.1) is 0 Å². The van der Waals surface area contributed by atoms with Crippen LogP contribution in [-0.4, -0.2) is 27.2 Å². The second-order valence-electron chi connectivity index (χ2n) is 6.55. The zero-order chi connectivity index (χ0) is 15.3. The Morgan fingerprint density at radius 3 is 3.00 bits per heavy atom. The molecule has 0 radical (unpaired) electrons. The molecule has 5 heteroatoms. The predicted octanol–water partition coefficient (Wildman–Crippen LogP) is 3.44. The van der Waals surface area contributed by atoms with Crippen molar-refractivity contribution in [1.29, 1.82) is 0 Å². The Labute approximate surface area is 132 Å². The van der Waals surface area contributed by atoms with Gasteiger partial charge in [0.2, 0.25) is 0 Å². The monoisotopic (exact) mass is 313 g/mol. The zero-order valence-electron chi connectivity index (χ0n) is 13.2. The number of aliphatic hydroxyl groups excluding tert-OH is 1. The number of aromatic amines is 1. The summed E-state index contributed by atoms with van der Waals surface area (Å²) in [6.07, 6.45) is 7.70. The predicted molar refractivity (Wildman–Crippen MR) is 86.5 cm³/mol. The van der Waals surface area contributed by atoms with Gasteiger partial charge in [-0.3, -0.25) is 0 Å². The van der Waals surface area contributed by atoms with Crippen LogP contribution in [0.2, 0.25) is 5.15 Å². The molecule has 1 saturated carbocycles. The van der Waals surface area contributed by atoms with E-state index in [2.05, 4.69) is 29.1 Å². The number of rotatable bonds is 7. The molecule has 1 fully saturated rings. The fourth-order valence-corrected chi connectivity index (χ4v) is 3.53. The maximum absolute atomic E-state index is 9.81. The van der Waals surface area contributed by atoms with Gasteiger partial charge >= 0.3 is 0 Å². The van der Waals surface area contributed by atoms with Crippen molar-refractivity contribution in [3.63, 3.8) is 0 Å². The van der Waals surface area contributed by atoms with Crippen LogP contribution in [0.4, 0.5) is 0 Å². The van der Waals surface area contributed by atoms with Crippen LogP contribution in [0.3, 0.4) is 0 Å². The van der Waals surface area contributed by atoms with Gasteiger partial charge in [-0.05, 0) is 25.2 Å². The standard InChI is InChI=1S/C16H28ClN3O/c1-3-4-7-14-19-13(15(17)20-14)10-18-16(11-21)8-5-6-12(2)9-16/h12,18,21H,3-11H2,1-2H3,(H,19,20). The average molecular weight is 314 g/mol. The lowest BCUT2D eigenvalue weighted by Crippen LogP contribution is -2.51. The third kappa shape index (κ3) is 4.44. The number of halogens is 1. The minimum atomic E-state index is -0.157. The highest BCUT2D eigenvalue weighted by Gasteiger charge is 2.34. The molecule has 2 atom stereocenters. The van der Waals surface area contributed by atoms with Gasteiger partial charge in [0.25, 0.3) is 0 Å². The van der Waals surface area contributed by atoms with E-state index in [1.165, 1.54) is 12.8 Å². The Kier molecular flexibility index (Phi) is 6.08. The van der Waals surface area contributed by atoms with E-state index in [0.29, 0.717) is 17.6 Å². The molecule has 1 aromatic heterocycles. The van der Waals surface area contributed by atoms with E-state index < -0.39 is 0 Å². The highest BCUT2D eigenvalue weighted by Crippen LogP contribution is 2.32. The SMILES string of the molecule is CCCCc1nc(Cl)c(CNC2(CO)CCCC(C)C2)[nH]1. The highest BCUT2D eigenvalue weighted by molar-refractivity contribution is 6.30. The van der Waals surface area contributed by atoms with Crippen LogP contribution < -0.4 is 5.32 Å². The summed E-state index contributed by atoms with van der Waals surface area (Å²) in [6.45, 7) is 5.26. The number of nitrogens with zero attached hydrogens (tertiary/aromatic N) is 1. The summed E-state index contributed by atoms with van der Waals surface area (Å²) in [5.41, 5.74) is 0.782. The number of hydrogen-bond acceptors (Lipinski definition) is 3. The summed E-state index contributed by atoms with van der Waals surface area (Å²) in [7, 11) is 0. The second kappa shape index (κ2) is 7.61. The number of aromatic nitrogens is 2. The van der Waals surface area contributed by atoms with Crippen LogP contribution >= 0.6 is 11.6 Å². The van der Waals surface area contributed by atoms with Gasteiger partial charge < -0.3 is 15.4 Å². The van der Waals surface area contributed by atoms with Gasteiger partial charge in [0.05, 0.1) is 12.3 Å². The van der Waals surface area contributed by atoms with Crippen molar-refractivity contribution in [1.82, 2.24) is 15.3 Å². The fourth-order valence-electron chi connectivity index (χ4n) is 3.32. The van der Waals surface area contributed by atoms with Crippen LogP contribution in [0, 0.1) is 5.92 Å². The number of aryl methyl sites for hydroxylation is 1. The van der Waals surface area contributed by atoms with Crippen LogP contribution in [0.5, 0.6) is 0 Å². The Balaban J connectivity index is 1.96. The van der Waals surface area contributed by atoms with Gasteiger partial charge in [-0.25, -0.2) is 4.98 Å². The summed E-state index contributed by atoms with van der Waals surface area (Å²) >= 11 is 6.21. The molecule has 1 aromatic rings. The van der Waals surface area contributed by atoms with E-state index >= 15 is 0 Å². The summed E-state index contributed by atoms with van der Waals surface area (Å²) in [4.78, 5) is 7.70. The maximum Gasteiger partial charge on any atom is 0.151 e. The smallest absolute Gasteiger partial charge is 0.151 e. The molecule has 3 N–H and O–H groups in total. The molecule has 0 spiro atoms. The maximum atomic E-state index is 9.81. The molecule has 0 aliphatic heterocycles. The van der Waals surface area contributed by atoms with Crippen LogP contribution in [-0.2, 0) is 13.0 Å². The number of unbranched alkanes of at least 4 members (excludes halogenated alkanes) is 1. The minimum Gasteiger partial charge on any atom is -0.394 e. The quantitative estimate of drug-likeness (QED) is 0.722. The molecule has 21 heavy (non-hydrogen) atoms. The Morgan fingerprint density at radius 1 is 1.52 bits per heavy atom. The van der Waals surface area contributed by atoms with Crippen molar-refractivity contribution in [2.24, 2.45) is 5.92 Å². The first-order valence-corrected chi connectivity index (χ1v) is 8.55. The molecule has 4 nitrogen and oxygen atoms in total. The van der Waals surface area contributed by atoms with Crippen molar-refractivity contribution in [3.8, 4) is 0 Å². The molecule has 1 aliphatic rings. The third-order valence-electron chi connectivity index (χ3n) is 4.58. The van der Waals surface area contributed by atoms with Crippen molar-refractivity contribution < 1.29 is 5.11 Å². The summed E-state index contributed by atoms with van der Waals surface area (Å²) in [5, 5.41) is 13.9. The lowest BCUT2D eigenvalue weighted by atomic mass is 9.77. The Bertz CT molecular complexity index is 449. The number of hydrogen-bond donors (Lipinski definition) is 3. The average Bonchev–Trinajstić information content (AvgIpc) is 2.83. The molecule has 0 aromatic carbocycles.